The van der Waals surface area contributed by atoms with Crippen molar-refractivity contribution >= 4 is 27.3 Å². The molecule has 0 radical (unpaired) electrons. The molecular formula is C11H12BrN3S. The highest BCUT2D eigenvalue weighted by Crippen LogP contribution is 2.25. The lowest BCUT2D eigenvalue weighted by Crippen LogP contribution is -2.16. The Labute approximate surface area is 107 Å². The van der Waals surface area contributed by atoms with Crippen molar-refractivity contribution in [3.05, 3.63) is 44.6 Å². The number of hydrogen-bond acceptors (Lipinski definition) is 4. The maximum absolute atomic E-state index is 6.05. The van der Waals surface area contributed by atoms with Gasteiger partial charge in [-0.15, -0.1) is 11.3 Å². The van der Waals surface area contributed by atoms with Crippen molar-refractivity contribution in [1.82, 2.24) is 9.97 Å². The van der Waals surface area contributed by atoms with E-state index in [4.69, 9.17) is 5.73 Å². The topological polar surface area (TPSA) is 51.8 Å². The van der Waals surface area contributed by atoms with Crippen LogP contribution in [0.2, 0.25) is 0 Å². The zero-order valence-electron chi connectivity index (χ0n) is 8.85. The first kappa shape index (κ1) is 11.7. The van der Waals surface area contributed by atoms with Gasteiger partial charge in [0.25, 0.3) is 0 Å². The first-order valence-corrected chi connectivity index (χ1v) is 6.54. The molecule has 0 saturated heterocycles. The molecule has 0 bridgehead atoms. The summed E-state index contributed by atoms with van der Waals surface area (Å²) in [5.74, 6) is 0.704. The Morgan fingerprint density at radius 2 is 2.06 bits per heavy atom. The second-order valence-electron chi connectivity index (χ2n) is 3.64. The molecule has 1 unspecified atom stereocenters. The average molecular weight is 298 g/mol. The summed E-state index contributed by atoms with van der Waals surface area (Å²) in [7, 11) is 0. The van der Waals surface area contributed by atoms with E-state index in [1.807, 2.05) is 13.0 Å². The molecule has 2 heterocycles. The third-order valence-corrected chi connectivity index (χ3v) is 3.83. The smallest absolute Gasteiger partial charge is 0.145 e. The van der Waals surface area contributed by atoms with Gasteiger partial charge in [0, 0.05) is 23.7 Å². The summed E-state index contributed by atoms with van der Waals surface area (Å²) in [6, 6.07) is 3.97. The molecule has 16 heavy (non-hydrogen) atoms. The van der Waals surface area contributed by atoms with Crippen LogP contribution >= 0.6 is 27.3 Å². The van der Waals surface area contributed by atoms with Gasteiger partial charge in [0.05, 0.1) is 9.83 Å². The number of nitrogens with two attached hydrogens (primary N) is 1. The van der Waals surface area contributed by atoms with Crippen LogP contribution < -0.4 is 5.73 Å². The van der Waals surface area contributed by atoms with Crippen LogP contribution in [-0.4, -0.2) is 9.97 Å². The Kier molecular flexibility index (Phi) is 3.68. The summed E-state index contributed by atoms with van der Waals surface area (Å²) < 4.78 is 1.12. The number of rotatable bonds is 3. The first-order valence-electron chi connectivity index (χ1n) is 4.93. The predicted molar refractivity (Wildman–Crippen MR) is 69.4 cm³/mol. The van der Waals surface area contributed by atoms with Gasteiger partial charge in [-0.05, 0) is 40.5 Å². The monoisotopic (exact) mass is 297 g/mol. The van der Waals surface area contributed by atoms with E-state index in [0.29, 0.717) is 5.82 Å². The van der Waals surface area contributed by atoms with Crippen LogP contribution in [0.4, 0.5) is 0 Å². The molecule has 2 aromatic heterocycles. The molecule has 0 aromatic carbocycles. The molecule has 0 aliphatic carbocycles. The van der Waals surface area contributed by atoms with E-state index in [2.05, 4.69) is 32.0 Å². The number of aryl methyl sites for hydroxylation is 1. The molecule has 2 N–H and O–H groups in total. The highest BCUT2D eigenvalue weighted by Gasteiger charge is 2.11. The van der Waals surface area contributed by atoms with Crippen molar-refractivity contribution in [2.45, 2.75) is 19.4 Å². The van der Waals surface area contributed by atoms with Gasteiger partial charge < -0.3 is 5.73 Å². The zero-order chi connectivity index (χ0) is 11.5. The maximum atomic E-state index is 6.05. The minimum atomic E-state index is -0.133. The minimum absolute atomic E-state index is 0.133. The summed E-state index contributed by atoms with van der Waals surface area (Å²) in [4.78, 5) is 9.72. The largest absolute Gasteiger partial charge is 0.321 e. The van der Waals surface area contributed by atoms with E-state index in [1.165, 1.54) is 4.88 Å². The fraction of sp³-hybridized carbons (Fsp3) is 0.273. The van der Waals surface area contributed by atoms with Crippen molar-refractivity contribution in [2.24, 2.45) is 5.73 Å². The molecule has 5 heteroatoms. The van der Waals surface area contributed by atoms with E-state index in [-0.39, 0.29) is 6.04 Å². The van der Waals surface area contributed by atoms with Crippen molar-refractivity contribution in [3.8, 4) is 0 Å². The third-order valence-electron chi connectivity index (χ3n) is 2.18. The summed E-state index contributed by atoms with van der Waals surface area (Å²) in [5.41, 5.74) is 7.10. The van der Waals surface area contributed by atoms with Crippen molar-refractivity contribution in [1.29, 1.82) is 0 Å². The van der Waals surface area contributed by atoms with E-state index in [9.17, 15) is 0 Å². The molecule has 3 nitrogen and oxygen atoms in total. The van der Waals surface area contributed by atoms with E-state index in [0.717, 1.165) is 15.8 Å². The molecule has 2 rings (SSSR count). The van der Waals surface area contributed by atoms with E-state index in [1.54, 1.807) is 23.7 Å². The van der Waals surface area contributed by atoms with Crippen LogP contribution in [0, 0.1) is 6.92 Å². The Morgan fingerprint density at radius 1 is 1.38 bits per heavy atom. The van der Waals surface area contributed by atoms with Gasteiger partial charge in [-0.25, -0.2) is 9.97 Å². The van der Waals surface area contributed by atoms with Crippen LogP contribution in [0.1, 0.15) is 22.3 Å². The lowest BCUT2D eigenvalue weighted by atomic mass is 10.2. The number of hydrogen-bond donors (Lipinski definition) is 1. The number of thiophene rings is 1. The molecule has 0 amide bonds. The van der Waals surface area contributed by atoms with Gasteiger partial charge in [0.15, 0.2) is 0 Å². The highest BCUT2D eigenvalue weighted by atomic mass is 79.9. The minimum Gasteiger partial charge on any atom is -0.321 e. The molecule has 0 aliphatic heterocycles. The molecule has 0 aliphatic rings. The summed E-state index contributed by atoms with van der Waals surface area (Å²) in [6.45, 7) is 1.96. The molecule has 2 aromatic rings. The second kappa shape index (κ2) is 5.03. The molecule has 1 atom stereocenters. The average Bonchev–Trinajstić information content (AvgIpc) is 2.65. The SMILES string of the molecule is Cc1cnc(C(N)Cc2ccc(Br)s2)nc1. The van der Waals surface area contributed by atoms with Crippen LogP contribution in [0.3, 0.4) is 0 Å². The Morgan fingerprint density at radius 3 is 2.62 bits per heavy atom. The molecular weight excluding hydrogens is 286 g/mol. The quantitative estimate of drug-likeness (QED) is 0.948. The van der Waals surface area contributed by atoms with Gasteiger partial charge in [-0.3, -0.25) is 0 Å². The second-order valence-corrected chi connectivity index (χ2v) is 6.18. The third kappa shape index (κ3) is 2.87. The maximum Gasteiger partial charge on any atom is 0.145 e. The van der Waals surface area contributed by atoms with Crippen molar-refractivity contribution < 1.29 is 0 Å². The predicted octanol–water partition coefficient (Wildman–Crippen LogP) is 2.85. The lowest BCUT2D eigenvalue weighted by molar-refractivity contribution is 0.671. The number of halogens is 1. The summed E-state index contributed by atoms with van der Waals surface area (Å²) >= 11 is 5.13. The van der Waals surface area contributed by atoms with Crippen LogP contribution in [0.5, 0.6) is 0 Å². The summed E-state index contributed by atoms with van der Waals surface area (Å²) in [6.07, 6.45) is 4.37. The Hall–Kier alpha value is -0.780. The number of aromatic nitrogens is 2. The van der Waals surface area contributed by atoms with E-state index < -0.39 is 0 Å². The van der Waals surface area contributed by atoms with Crippen molar-refractivity contribution in [3.63, 3.8) is 0 Å². The highest BCUT2D eigenvalue weighted by molar-refractivity contribution is 9.11. The number of nitrogens with zero attached hydrogens (tertiary/aromatic N) is 2. The summed E-state index contributed by atoms with van der Waals surface area (Å²) in [5, 5.41) is 0. The normalized spacial score (nSPS) is 12.7. The zero-order valence-corrected chi connectivity index (χ0v) is 11.3. The fourth-order valence-electron chi connectivity index (χ4n) is 1.36. The molecule has 0 saturated carbocycles. The van der Waals surface area contributed by atoms with Gasteiger partial charge in [0.1, 0.15) is 5.82 Å². The van der Waals surface area contributed by atoms with Crippen LogP contribution in [0.15, 0.2) is 28.3 Å². The standard InChI is InChI=1S/C11H12BrN3S/c1-7-5-14-11(15-6-7)9(13)4-8-2-3-10(12)16-8/h2-3,5-6,9H,4,13H2,1H3. The molecule has 84 valence electrons. The van der Waals surface area contributed by atoms with Gasteiger partial charge >= 0.3 is 0 Å². The van der Waals surface area contributed by atoms with Crippen LogP contribution in [0.25, 0.3) is 0 Å². The van der Waals surface area contributed by atoms with Crippen LogP contribution in [-0.2, 0) is 6.42 Å². The molecule has 0 fully saturated rings. The molecule has 0 spiro atoms. The van der Waals surface area contributed by atoms with Crippen molar-refractivity contribution in [2.75, 3.05) is 0 Å². The van der Waals surface area contributed by atoms with Gasteiger partial charge in [-0.1, -0.05) is 0 Å². The van der Waals surface area contributed by atoms with Gasteiger partial charge in [0.2, 0.25) is 0 Å². The Bertz CT molecular complexity index is 466. The van der Waals surface area contributed by atoms with Gasteiger partial charge in [-0.2, -0.15) is 0 Å². The lowest BCUT2D eigenvalue weighted by Gasteiger charge is -2.08. The Balaban J connectivity index is 2.08. The first-order chi connectivity index (χ1) is 7.65. The fourth-order valence-corrected chi connectivity index (χ4v) is 2.90. The van der Waals surface area contributed by atoms with E-state index >= 15 is 0 Å².